The molecule has 4 nitrogen and oxygen atoms in total. The SMILES string of the molecule is CCC1CN(C(=O)c2cc(C)ccc2OC)C(CC)CN1. The van der Waals surface area contributed by atoms with E-state index >= 15 is 0 Å². The molecule has 2 atom stereocenters. The predicted molar refractivity (Wildman–Crippen MR) is 84.9 cm³/mol. The van der Waals surface area contributed by atoms with Crippen molar-refractivity contribution in [1.82, 2.24) is 10.2 Å². The predicted octanol–water partition coefficient (Wildman–Crippen LogP) is 2.61. The minimum absolute atomic E-state index is 0.0855. The first-order valence-corrected chi connectivity index (χ1v) is 7.79. The molecule has 1 aromatic carbocycles. The number of aryl methyl sites for hydroxylation is 1. The summed E-state index contributed by atoms with van der Waals surface area (Å²) in [5, 5.41) is 3.52. The molecule has 1 aliphatic rings. The molecule has 1 heterocycles. The molecule has 0 aromatic heterocycles. The van der Waals surface area contributed by atoms with Gasteiger partial charge in [-0.2, -0.15) is 0 Å². The molecule has 1 amide bonds. The van der Waals surface area contributed by atoms with Gasteiger partial charge in [0, 0.05) is 25.2 Å². The molecule has 2 rings (SSSR count). The van der Waals surface area contributed by atoms with Gasteiger partial charge in [-0.25, -0.2) is 0 Å². The van der Waals surface area contributed by atoms with E-state index in [4.69, 9.17) is 4.74 Å². The van der Waals surface area contributed by atoms with Crippen molar-refractivity contribution < 1.29 is 9.53 Å². The van der Waals surface area contributed by atoms with Crippen molar-refractivity contribution in [3.8, 4) is 5.75 Å². The second-order valence-corrected chi connectivity index (χ2v) is 5.74. The molecule has 1 saturated heterocycles. The average Bonchev–Trinajstić information content (AvgIpc) is 2.53. The van der Waals surface area contributed by atoms with Crippen molar-refractivity contribution in [1.29, 1.82) is 0 Å². The first-order chi connectivity index (χ1) is 10.1. The Hall–Kier alpha value is -1.55. The van der Waals surface area contributed by atoms with E-state index in [2.05, 4.69) is 19.2 Å². The fourth-order valence-electron chi connectivity index (χ4n) is 2.89. The van der Waals surface area contributed by atoms with E-state index < -0.39 is 0 Å². The van der Waals surface area contributed by atoms with E-state index in [-0.39, 0.29) is 11.9 Å². The number of piperazine rings is 1. The molecule has 116 valence electrons. The number of methoxy groups -OCH3 is 1. The van der Waals surface area contributed by atoms with Crippen LogP contribution in [-0.4, -0.2) is 43.1 Å². The summed E-state index contributed by atoms with van der Waals surface area (Å²) in [4.78, 5) is 15.0. The van der Waals surface area contributed by atoms with Crippen LogP contribution in [0.15, 0.2) is 18.2 Å². The number of ether oxygens (including phenoxy) is 1. The Morgan fingerprint density at radius 3 is 2.76 bits per heavy atom. The van der Waals surface area contributed by atoms with Crippen LogP contribution in [0.5, 0.6) is 5.75 Å². The number of benzene rings is 1. The largest absolute Gasteiger partial charge is 0.496 e. The molecule has 1 fully saturated rings. The summed E-state index contributed by atoms with van der Waals surface area (Å²) < 4.78 is 5.37. The van der Waals surface area contributed by atoms with Crippen LogP contribution >= 0.6 is 0 Å². The van der Waals surface area contributed by atoms with Gasteiger partial charge in [0.15, 0.2) is 0 Å². The lowest BCUT2D eigenvalue weighted by molar-refractivity contribution is 0.0572. The summed E-state index contributed by atoms with van der Waals surface area (Å²) in [6, 6.07) is 6.41. The maximum absolute atomic E-state index is 13.0. The van der Waals surface area contributed by atoms with Crippen molar-refractivity contribution in [2.24, 2.45) is 0 Å². The highest BCUT2D eigenvalue weighted by atomic mass is 16.5. The van der Waals surface area contributed by atoms with Gasteiger partial charge >= 0.3 is 0 Å². The minimum atomic E-state index is 0.0855. The van der Waals surface area contributed by atoms with E-state index in [1.165, 1.54) is 0 Å². The van der Waals surface area contributed by atoms with Crippen molar-refractivity contribution in [3.63, 3.8) is 0 Å². The molecule has 0 aliphatic carbocycles. The number of nitrogens with zero attached hydrogens (tertiary/aromatic N) is 1. The summed E-state index contributed by atoms with van der Waals surface area (Å²) in [5.41, 5.74) is 1.75. The molecule has 0 saturated carbocycles. The van der Waals surface area contributed by atoms with Gasteiger partial charge in [0.25, 0.3) is 5.91 Å². The van der Waals surface area contributed by atoms with Gasteiger partial charge in [-0.15, -0.1) is 0 Å². The Morgan fingerprint density at radius 2 is 2.14 bits per heavy atom. The third-order valence-electron chi connectivity index (χ3n) is 4.31. The molecule has 1 aromatic rings. The molecule has 0 bridgehead atoms. The van der Waals surface area contributed by atoms with Gasteiger partial charge in [0.1, 0.15) is 5.75 Å². The fourth-order valence-corrected chi connectivity index (χ4v) is 2.89. The Morgan fingerprint density at radius 1 is 1.38 bits per heavy atom. The van der Waals surface area contributed by atoms with E-state index in [9.17, 15) is 4.79 Å². The number of hydrogen-bond donors (Lipinski definition) is 1. The Bertz CT molecular complexity index is 502. The third-order valence-corrected chi connectivity index (χ3v) is 4.31. The van der Waals surface area contributed by atoms with Crippen LogP contribution in [0.2, 0.25) is 0 Å². The summed E-state index contributed by atoms with van der Waals surface area (Å²) in [6.07, 6.45) is 1.99. The van der Waals surface area contributed by atoms with Crippen LogP contribution in [0.25, 0.3) is 0 Å². The second-order valence-electron chi connectivity index (χ2n) is 5.74. The van der Waals surface area contributed by atoms with E-state index in [0.29, 0.717) is 17.4 Å². The number of rotatable bonds is 4. The van der Waals surface area contributed by atoms with Crippen molar-refractivity contribution >= 4 is 5.91 Å². The zero-order chi connectivity index (χ0) is 15.4. The van der Waals surface area contributed by atoms with Crippen LogP contribution in [-0.2, 0) is 0 Å². The number of hydrogen-bond acceptors (Lipinski definition) is 3. The van der Waals surface area contributed by atoms with Gasteiger partial charge < -0.3 is 15.0 Å². The molecule has 0 radical (unpaired) electrons. The molecule has 4 heteroatoms. The quantitative estimate of drug-likeness (QED) is 0.927. The zero-order valence-electron chi connectivity index (χ0n) is 13.5. The normalized spacial score (nSPS) is 22.2. The summed E-state index contributed by atoms with van der Waals surface area (Å²) in [7, 11) is 1.62. The molecule has 21 heavy (non-hydrogen) atoms. The number of carbonyl (C=O) groups excluding carboxylic acids is 1. The van der Waals surface area contributed by atoms with Gasteiger partial charge in [-0.3, -0.25) is 4.79 Å². The lowest BCUT2D eigenvalue weighted by Gasteiger charge is -2.40. The Kier molecular flexibility index (Phi) is 5.23. The van der Waals surface area contributed by atoms with Crippen molar-refractivity contribution in [2.45, 2.75) is 45.7 Å². The van der Waals surface area contributed by atoms with Gasteiger partial charge in [-0.1, -0.05) is 25.5 Å². The molecule has 2 unspecified atom stereocenters. The molecular weight excluding hydrogens is 264 g/mol. The highest BCUT2D eigenvalue weighted by Crippen LogP contribution is 2.24. The standard InChI is InChI=1S/C17H26N2O2/c1-5-13-11-19(14(6-2)10-18-13)17(20)15-9-12(3)7-8-16(15)21-4/h7-9,13-14,18H,5-6,10-11H2,1-4H3. The van der Waals surface area contributed by atoms with Crippen molar-refractivity contribution in [3.05, 3.63) is 29.3 Å². The topological polar surface area (TPSA) is 41.6 Å². The van der Waals surface area contributed by atoms with Gasteiger partial charge in [0.05, 0.1) is 12.7 Å². The first kappa shape index (κ1) is 15.8. The number of amides is 1. The molecule has 0 spiro atoms. The van der Waals surface area contributed by atoms with Crippen LogP contribution in [0.3, 0.4) is 0 Å². The molecular formula is C17H26N2O2. The maximum Gasteiger partial charge on any atom is 0.257 e. The molecule has 1 aliphatic heterocycles. The van der Waals surface area contributed by atoms with Crippen LogP contribution in [0.4, 0.5) is 0 Å². The van der Waals surface area contributed by atoms with Crippen LogP contribution in [0.1, 0.15) is 42.6 Å². The minimum Gasteiger partial charge on any atom is -0.496 e. The average molecular weight is 290 g/mol. The summed E-state index contributed by atoms with van der Waals surface area (Å²) in [5.74, 6) is 0.745. The lowest BCUT2D eigenvalue weighted by Crippen LogP contribution is -2.57. The van der Waals surface area contributed by atoms with E-state index in [1.54, 1.807) is 7.11 Å². The van der Waals surface area contributed by atoms with E-state index in [0.717, 1.165) is 31.5 Å². The van der Waals surface area contributed by atoms with Crippen molar-refractivity contribution in [2.75, 3.05) is 20.2 Å². The zero-order valence-corrected chi connectivity index (χ0v) is 13.5. The smallest absolute Gasteiger partial charge is 0.257 e. The fraction of sp³-hybridized carbons (Fsp3) is 0.588. The third kappa shape index (κ3) is 3.38. The Labute approximate surface area is 127 Å². The lowest BCUT2D eigenvalue weighted by atomic mass is 10.0. The number of carbonyl (C=O) groups is 1. The second kappa shape index (κ2) is 6.94. The maximum atomic E-state index is 13.0. The number of nitrogens with one attached hydrogen (secondary N) is 1. The van der Waals surface area contributed by atoms with Gasteiger partial charge in [0.2, 0.25) is 0 Å². The summed E-state index contributed by atoms with van der Waals surface area (Å²) in [6.45, 7) is 7.92. The van der Waals surface area contributed by atoms with Crippen LogP contribution in [0, 0.1) is 6.92 Å². The van der Waals surface area contributed by atoms with Crippen LogP contribution < -0.4 is 10.1 Å². The van der Waals surface area contributed by atoms with Gasteiger partial charge in [-0.05, 0) is 31.9 Å². The summed E-state index contributed by atoms with van der Waals surface area (Å²) >= 11 is 0. The monoisotopic (exact) mass is 290 g/mol. The van der Waals surface area contributed by atoms with E-state index in [1.807, 2.05) is 30.0 Å². The Balaban J connectivity index is 2.30. The first-order valence-electron chi connectivity index (χ1n) is 7.79. The molecule has 1 N–H and O–H groups in total. The highest BCUT2D eigenvalue weighted by molar-refractivity contribution is 5.97. The highest BCUT2D eigenvalue weighted by Gasteiger charge is 2.31.